The third kappa shape index (κ3) is 5.07. The molecule has 0 unspecified atom stereocenters. The number of carbonyl (C=O) groups is 1. The minimum Gasteiger partial charge on any atom is -0.394 e. The zero-order chi connectivity index (χ0) is 31.6. The van der Waals surface area contributed by atoms with Crippen molar-refractivity contribution in [2.45, 2.75) is 43.6 Å². The molecule has 228 valence electrons. The molecule has 0 saturated carbocycles. The number of hydrogen-bond acceptors (Lipinski definition) is 6. The van der Waals surface area contributed by atoms with E-state index in [1.165, 1.54) is 4.57 Å². The lowest BCUT2D eigenvalue weighted by molar-refractivity contribution is -0.147. The lowest BCUT2D eigenvalue weighted by Crippen LogP contribution is -2.59. The van der Waals surface area contributed by atoms with E-state index in [0.29, 0.717) is 5.56 Å². The molecule has 0 aliphatic carbocycles. The van der Waals surface area contributed by atoms with Crippen molar-refractivity contribution in [3.63, 3.8) is 0 Å². The maximum Gasteiger partial charge on any atom is 0.351 e. The highest BCUT2D eigenvalue weighted by atomic mass is 16.6. The molecule has 3 N–H and O–H groups in total. The summed E-state index contributed by atoms with van der Waals surface area (Å²) in [6.07, 6.45) is -0.565. The normalized spacial score (nSPS) is 19.7. The fourth-order valence-corrected chi connectivity index (χ4v) is 6.83. The average molecular weight is 602 g/mol. The molecule has 1 aliphatic rings. The number of aliphatic hydroxyl groups excluding tert-OH is 2. The van der Waals surface area contributed by atoms with Gasteiger partial charge >= 0.3 is 5.69 Å². The molecule has 1 aliphatic heterocycles. The number of amides is 1. The first kappa shape index (κ1) is 30.1. The number of rotatable bonds is 8. The van der Waals surface area contributed by atoms with Crippen molar-refractivity contribution >= 4 is 11.7 Å². The van der Waals surface area contributed by atoms with Crippen molar-refractivity contribution in [1.82, 2.24) is 9.55 Å². The average Bonchev–Trinajstić information content (AvgIpc) is 3.40. The molecule has 1 aromatic heterocycles. The van der Waals surface area contributed by atoms with Crippen LogP contribution in [0.1, 0.15) is 44.6 Å². The van der Waals surface area contributed by atoms with Gasteiger partial charge in [0.15, 0.2) is 5.72 Å². The van der Waals surface area contributed by atoms with E-state index >= 15 is 0 Å². The van der Waals surface area contributed by atoms with Crippen LogP contribution >= 0.6 is 0 Å². The van der Waals surface area contributed by atoms with Gasteiger partial charge in [0.1, 0.15) is 11.9 Å². The first-order valence-electron chi connectivity index (χ1n) is 14.9. The minimum atomic E-state index is -1.61. The number of ether oxygens (including phenoxy) is 1. The van der Waals surface area contributed by atoms with Crippen molar-refractivity contribution in [3.05, 3.63) is 165 Å². The van der Waals surface area contributed by atoms with E-state index in [-0.39, 0.29) is 12.2 Å². The topological polar surface area (TPSA) is 114 Å². The third-order valence-corrected chi connectivity index (χ3v) is 8.80. The molecule has 5 aromatic rings. The van der Waals surface area contributed by atoms with Crippen LogP contribution in [0.2, 0.25) is 0 Å². The van der Waals surface area contributed by atoms with E-state index in [2.05, 4.69) is 10.3 Å². The van der Waals surface area contributed by atoms with E-state index in [4.69, 9.17) is 4.74 Å². The van der Waals surface area contributed by atoms with Crippen LogP contribution in [0.5, 0.6) is 0 Å². The summed E-state index contributed by atoms with van der Waals surface area (Å²) in [4.78, 5) is 31.4. The number of nitrogens with zero attached hydrogens (tertiary/aromatic N) is 2. The van der Waals surface area contributed by atoms with Gasteiger partial charge in [-0.1, -0.05) is 97.1 Å². The van der Waals surface area contributed by atoms with Crippen LogP contribution in [-0.2, 0) is 15.9 Å². The molecule has 1 amide bonds. The van der Waals surface area contributed by atoms with Crippen molar-refractivity contribution in [2.24, 2.45) is 0 Å². The molecule has 0 spiro atoms. The molecule has 8 nitrogen and oxygen atoms in total. The Morgan fingerprint density at radius 2 is 1.44 bits per heavy atom. The summed E-state index contributed by atoms with van der Waals surface area (Å²) >= 11 is 0. The molecule has 1 fully saturated rings. The molecular weight excluding hydrogens is 566 g/mol. The first-order chi connectivity index (χ1) is 21.8. The molecule has 1 saturated heterocycles. The monoisotopic (exact) mass is 601 g/mol. The van der Waals surface area contributed by atoms with Gasteiger partial charge in [-0.05, 0) is 59.9 Å². The smallest absolute Gasteiger partial charge is 0.351 e. The van der Waals surface area contributed by atoms with E-state index in [0.717, 1.165) is 27.8 Å². The van der Waals surface area contributed by atoms with Crippen molar-refractivity contribution in [2.75, 3.05) is 11.9 Å². The molecule has 3 atom stereocenters. The van der Waals surface area contributed by atoms with Gasteiger partial charge in [0, 0.05) is 18.2 Å². The van der Waals surface area contributed by atoms with E-state index in [1.807, 2.05) is 98.8 Å². The van der Waals surface area contributed by atoms with Gasteiger partial charge < -0.3 is 20.3 Å². The lowest BCUT2D eigenvalue weighted by atomic mass is 9.59. The highest BCUT2D eigenvalue weighted by Crippen LogP contribution is 2.57. The maximum absolute atomic E-state index is 14.2. The fraction of sp³-hybridized carbons (Fsp3) is 0.216. The van der Waals surface area contributed by atoms with Gasteiger partial charge in [-0.2, -0.15) is 4.98 Å². The summed E-state index contributed by atoms with van der Waals surface area (Å²) in [5.41, 5.74) is 1.37. The zero-order valence-corrected chi connectivity index (χ0v) is 25.1. The van der Waals surface area contributed by atoms with E-state index in [9.17, 15) is 19.8 Å². The van der Waals surface area contributed by atoms with Crippen LogP contribution in [0.25, 0.3) is 0 Å². The second-order valence-electron chi connectivity index (χ2n) is 11.4. The Balaban J connectivity index is 1.66. The molecular formula is C37H35N3O5. The number of nitrogens with one attached hydrogen (secondary N) is 1. The number of aromatic nitrogens is 2. The van der Waals surface area contributed by atoms with Gasteiger partial charge in [-0.25, -0.2) is 4.79 Å². The highest BCUT2D eigenvalue weighted by molar-refractivity contribution is 6.03. The van der Waals surface area contributed by atoms with Crippen molar-refractivity contribution < 1.29 is 19.7 Å². The molecule has 2 heterocycles. The molecule has 45 heavy (non-hydrogen) atoms. The number of benzene rings is 4. The summed E-state index contributed by atoms with van der Waals surface area (Å²) < 4.78 is 8.25. The molecule has 6 rings (SSSR count). The van der Waals surface area contributed by atoms with Gasteiger partial charge in [-0.3, -0.25) is 9.36 Å². The van der Waals surface area contributed by atoms with Crippen LogP contribution < -0.4 is 11.0 Å². The summed E-state index contributed by atoms with van der Waals surface area (Å²) in [5.74, 6) is -0.323. The Morgan fingerprint density at radius 1 is 0.889 bits per heavy atom. The zero-order valence-electron chi connectivity index (χ0n) is 25.1. The van der Waals surface area contributed by atoms with Gasteiger partial charge in [0.25, 0.3) is 5.91 Å². The second kappa shape index (κ2) is 12.2. The molecule has 4 aromatic carbocycles. The molecule has 0 radical (unpaired) electrons. The van der Waals surface area contributed by atoms with E-state index < -0.39 is 41.6 Å². The Hall–Kier alpha value is -4.89. The molecule has 0 bridgehead atoms. The van der Waals surface area contributed by atoms with Gasteiger partial charge in [-0.15, -0.1) is 0 Å². The standard InChI is InChI=1S/C37H35N3O5/c1-25-13-9-11-19-29(25)37(28-17-7-4-8-18-28,30-20-12-10-14-26(30)2)36(23-31(42)32(24-41)45-36)40-22-21-33(39-35(40)44)38-34(43)27-15-5-3-6-16-27/h3-22,31-32,41-42H,23-24H2,1-2H3,(H,38,39,43,44)/t31-,32+,36-/m0/s1. The minimum absolute atomic E-state index is 0.0346. The van der Waals surface area contributed by atoms with Crippen LogP contribution in [0, 0.1) is 13.8 Å². The molecule has 8 heteroatoms. The third-order valence-electron chi connectivity index (χ3n) is 8.80. The predicted molar refractivity (Wildman–Crippen MR) is 172 cm³/mol. The first-order valence-corrected chi connectivity index (χ1v) is 14.9. The lowest BCUT2D eigenvalue weighted by Gasteiger charge is -2.51. The maximum atomic E-state index is 14.2. The van der Waals surface area contributed by atoms with Crippen LogP contribution in [-0.4, -0.2) is 44.5 Å². The number of anilines is 1. The summed E-state index contributed by atoms with van der Waals surface area (Å²) in [6, 6.07) is 35.9. The largest absolute Gasteiger partial charge is 0.394 e. The van der Waals surface area contributed by atoms with Gasteiger partial charge in [0.2, 0.25) is 0 Å². The van der Waals surface area contributed by atoms with Crippen molar-refractivity contribution in [1.29, 1.82) is 0 Å². The highest BCUT2D eigenvalue weighted by Gasteiger charge is 2.64. The van der Waals surface area contributed by atoms with Crippen LogP contribution in [0.4, 0.5) is 5.82 Å². The summed E-state index contributed by atoms with van der Waals surface area (Å²) in [6.45, 7) is 3.57. The number of hydrogen-bond donors (Lipinski definition) is 3. The fourth-order valence-electron chi connectivity index (χ4n) is 6.83. The Kier molecular flexibility index (Phi) is 8.20. The Labute approximate surface area is 261 Å². The number of carbonyl (C=O) groups excluding carboxylic acids is 1. The van der Waals surface area contributed by atoms with Crippen LogP contribution in [0.15, 0.2) is 126 Å². The Bertz CT molecular complexity index is 1830. The van der Waals surface area contributed by atoms with Crippen molar-refractivity contribution in [3.8, 4) is 0 Å². The number of aryl methyl sites for hydroxylation is 2. The SMILES string of the molecule is Cc1ccccc1C(c1ccccc1)(c1ccccc1C)[C@]1(n2ccc(NC(=O)c3ccccc3)nc2=O)C[C@H](O)[C@@H](CO)O1. The number of aliphatic hydroxyl groups is 2. The Morgan fingerprint density at radius 3 is 1.98 bits per heavy atom. The summed E-state index contributed by atoms with van der Waals surface area (Å²) in [7, 11) is 0. The second-order valence-corrected chi connectivity index (χ2v) is 11.4. The summed E-state index contributed by atoms with van der Waals surface area (Å²) in [5, 5.41) is 24.5. The predicted octanol–water partition coefficient (Wildman–Crippen LogP) is 4.94. The van der Waals surface area contributed by atoms with Gasteiger partial charge in [0.05, 0.1) is 18.1 Å². The quantitative estimate of drug-likeness (QED) is 0.217. The van der Waals surface area contributed by atoms with E-state index in [1.54, 1.807) is 36.5 Å². The van der Waals surface area contributed by atoms with Crippen LogP contribution in [0.3, 0.4) is 0 Å².